The highest BCUT2D eigenvalue weighted by Crippen LogP contribution is 2.33. The van der Waals surface area contributed by atoms with Gasteiger partial charge in [-0.25, -0.2) is 19.9 Å². The van der Waals surface area contributed by atoms with E-state index in [0.717, 1.165) is 83.8 Å². The van der Waals surface area contributed by atoms with Gasteiger partial charge < -0.3 is 29.7 Å². The standard InChI is InChI=1S/C23H22ClN5O2.C16H19N3O2.C7H4BrClN2/c1-14-9-19-18(12-29(14)20-10-21(24)27-22-17(20)7-8-25-22)23(30)28(13-26-19)11-15-3-5-16(31-2)6-4-15;1-11-7-15-14(8-17-11)16(20)19(10-18-15)9-12-3-5-13(21-2)6-4-12;8-5-3-6(9)11-7-4(5)1-2-10-7/h3-8,10,13-14H,9,11-12H2,1-2H3,(H,25,27);3-6,10-11,17H,7-9H2,1-2H3;1-3H,(H,10,11)/t14-;11-;/m11./s1. The number of hydrogen-bond acceptors (Lipinski definition) is 10. The van der Waals surface area contributed by atoms with Crippen molar-refractivity contribution in [2.75, 3.05) is 19.1 Å². The quantitative estimate of drug-likeness (QED) is 0.133. The normalized spacial score (nSPS) is 15.4. The Labute approximate surface area is 381 Å². The fraction of sp³-hybridized carbons (Fsp3) is 0.261. The number of H-pyrrole nitrogens is 2. The first kappa shape index (κ1) is 43.6. The summed E-state index contributed by atoms with van der Waals surface area (Å²) in [6.07, 6.45) is 8.50. The van der Waals surface area contributed by atoms with Crippen LogP contribution in [-0.4, -0.2) is 65.3 Å². The molecule has 8 aromatic rings. The van der Waals surface area contributed by atoms with Gasteiger partial charge >= 0.3 is 0 Å². The Kier molecular flexibility index (Phi) is 13.3. The van der Waals surface area contributed by atoms with Crippen molar-refractivity contribution in [3.63, 3.8) is 0 Å². The number of ether oxygens (including phenoxy) is 2. The highest BCUT2D eigenvalue weighted by Gasteiger charge is 2.29. The summed E-state index contributed by atoms with van der Waals surface area (Å²) in [4.78, 5) is 51.7. The molecule has 17 heteroatoms. The molecule has 0 unspecified atom stereocenters. The Hall–Kier alpha value is -6.00. The fourth-order valence-corrected chi connectivity index (χ4v) is 8.82. The van der Waals surface area contributed by atoms with Crippen molar-refractivity contribution in [2.24, 2.45) is 0 Å². The zero-order valence-corrected chi connectivity index (χ0v) is 38.1. The van der Waals surface area contributed by atoms with Gasteiger partial charge in [0.15, 0.2) is 0 Å². The summed E-state index contributed by atoms with van der Waals surface area (Å²) in [5, 5.41) is 6.27. The molecule has 3 N–H and O–H groups in total. The first-order chi connectivity index (χ1) is 30.5. The molecule has 10 rings (SSSR count). The summed E-state index contributed by atoms with van der Waals surface area (Å²) < 4.78 is 14.6. The lowest BCUT2D eigenvalue weighted by molar-refractivity contribution is 0.414. The van der Waals surface area contributed by atoms with Gasteiger partial charge in [-0.2, -0.15) is 0 Å². The van der Waals surface area contributed by atoms with Crippen molar-refractivity contribution in [1.82, 2.24) is 44.4 Å². The topological polar surface area (TPSA) is 161 Å². The molecular formula is C46H45BrCl2N10O4. The Morgan fingerprint density at radius 1 is 0.714 bits per heavy atom. The van der Waals surface area contributed by atoms with Gasteiger partial charge in [-0.15, -0.1) is 0 Å². The number of halogens is 3. The minimum absolute atomic E-state index is 0.0109. The molecule has 0 amide bonds. The van der Waals surface area contributed by atoms with Crippen LogP contribution >= 0.6 is 39.1 Å². The molecule has 2 aliphatic heterocycles. The van der Waals surface area contributed by atoms with Crippen LogP contribution in [0.5, 0.6) is 11.5 Å². The van der Waals surface area contributed by atoms with Gasteiger partial charge in [0, 0.05) is 59.1 Å². The van der Waals surface area contributed by atoms with Gasteiger partial charge in [0.05, 0.1) is 74.7 Å². The molecule has 0 fully saturated rings. The predicted molar refractivity (Wildman–Crippen MR) is 250 cm³/mol. The molecule has 2 atom stereocenters. The number of rotatable bonds is 7. The van der Waals surface area contributed by atoms with Crippen LogP contribution in [0.2, 0.25) is 10.3 Å². The van der Waals surface area contributed by atoms with E-state index in [4.69, 9.17) is 32.7 Å². The third-order valence-electron chi connectivity index (χ3n) is 11.2. The maximum absolute atomic E-state index is 13.3. The lowest BCUT2D eigenvalue weighted by Gasteiger charge is -2.36. The van der Waals surface area contributed by atoms with E-state index in [9.17, 15) is 9.59 Å². The summed E-state index contributed by atoms with van der Waals surface area (Å²) in [6.45, 7) is 6.31. The van der Waals surface area contributed by atoms with Crippen LogP contribution in [0.3, 0.4) is 0 Å². The van der Waals surface area contributed by atoms with Gasteiger partial charge in [-0.1, -0.05) is 47.5 Å². The van der Waals surface area contributed by atoms with Crippen LogP contribution in [-0.2, 0) is 39.0 Å². The van der Waals surface area contributed by atoms with E-state index in [1.807, 2.05) is 79.1 Å². The van der Waals surface area contributed by atoms with E-state index in [1.54, 1.807) is 42.1 Å². The van der Waals surface area contributed by atoms with Crippen molar-refractivity contribution in [1.29, 1.82) is 0 Å². The summed E-state index contributed by atoms with van der Waals surface area (Å²) in [5.74, 6) is 1.60. The number of fused-ring (bicyclic) bond motifs is 4. The predicted octanol–water partition coefficient (Wildman–Crippen LogP) is 8.09. The number of methoxy groups -OCH3 is 2. The minimum Gasteiger partial charge on any atom is -0.497 e. The lowest BCUT2D eigenvalue weighted by atomic mass is 9.99. The number of hydrogen-bond donors (Lipinski definition) is 3. The van der Waals surface area contributed by atoms with E-state index in [-0.39, 0.29) is 17.2 Å². The van der Waals surface area contributed by atoms with Crippen LogP contribution < -0.4 is 30.8 Å². The van der Waals surface area contributed by atoms with E-state index < -0.39 is 0 Å². The molecular weight excluding hydrogens is 907 g/mol. The molecule has 8 heterocycles. The third kappa shape index (κ3) is 9.81. The monoisotopic (exact) mass is 950 g/mol. The van der Waals surface area contributed by atoms with Crippen LogP contribution in [0.15, 0.2) is 112 Å². The molecule has 0 spiro atoms. The second-order valence-corrected chi connectivity index (χ2v) is 17.1. The lowest BCUT2D eigenvalue weighted by Crippen LogP contribution is -2.43. The van der Waals surface area contributed by atoms with Crippen molar-refractivity contribution in [3.8, 4) is 11.5 Å². The molecule has 0 radical (unpaired) electrons. The van der Waals surface area contributed by atoms with Gasteiger partial charge in [0.25, 0.3) is 11.1 Å². The van der Waals surface area contributed by atoms with E-state index in [2.05, 4.69) is 69.9 Å². The van der Waals surface area contributed by atoms with Gasteiger partial charge in [-0.05, 0) is 89.4 Å². The number of nitrogens with one attached hydrogen (secondary N) is 3. The number of nitrogens with zero attached hydrogens (tertiary/aromatic N) is 7. The summed E-state index contributed by atoms with van der Waals surface area (Å²) in [7, 11) is 3.28. The molecule has 2 aromatic carbocycles. The smallest absolute Gasteiger partial charge is 0.258 e. The zero-order valence-electron chi connectivity index (χ0n) is 35.0. The van der Waals surface area contributed by atoms with Crippen LogP contribution in [0.25, 0.3) is 22.1 Å². The second-order valence-electron chi connectivity index (χ2n) is 15.4. The first-order valence-corrected chi connectivity index (χ1v) is 21.9. The Bertz CT molecular complexity index is 3010. The van der Waals surface area contributed by atoms with Crippen LogP contribution in [0, 0.1) is 0 Å². The molecule has 0 saturated carbocycles. The largest absolute Gasteiger partial charge is 0.497 e. The number of aromatic nitrogens is 8. The molecule has 324 valence electrons. The maximum Gasteiger partial charge on any atom is 0.258 e. The SMILES string of the molecule is COc1ccc(Cn2cnc3c(c2=O)CN(c2cc(Cl)nc4[nH]ccc24)[C@H](C)C3)cc1.COc1ccc(Cn2cnc3c(c2=O)CN[C@H](C)C3)cc1.Clc1cc(Br)c2cc[nH]c2n1. The highest BCUT2D eigenvalue weighted by atomic mass is 79.9. The summed E-state index contributed by atoms with van der Waals surface area (Å²) in [5.41, 5.74) is 7.94. The molecule has 6 aromatic heterocycles. The third-order valence-corrected chi connectivity index (χ3v) is 12.2. The average molecular weight is 953 g/mol. The first-order valence-electron chi connectivity index (χ1n) is 20.3. The number of pyridine rings is 2. The number of anilines is 1. The molecule has 63 heavy (non-hydrogen) atoms. The molecule has 0 saturated heterocycles. The van der Waals surface area contributed by atoms with Crippen LogP contribution in [0.1, 0.15) is 47.5 Å². The molecule has 2 aliphatic rings. The number of benzene rings is 2. The molecule has 0 bridgehead atoms. The summed E-state index contributed by atoms with van der Waals surface area (Å²) in [6, 6.07) is 23.6. The Balaban J connectivity index is 0.000000146. The Morgan fingerprint density at radius 2 is 1.24 bits per heavy atom. The van der Waals surface area contributed by atoms with E-state index in [1.165, 1.54) is 0 Å². The van der Waals surface area contributed by atoms with E-state index in [0.29, 0.717) is 48.9 Å². The molecule has 14 nitrogen and oxygen atoms in total. The Morgan fingerprint density at radius 3 is 1.83 bits per heavy atom. The van der Waals surface area contributed by atoms with E-state index >= 15 is 0 Å². The highest BCUT2D eigenvalue weighted by molar-refractivity contribution is 9.10. The fourth-order valence-electron chi connectivity index (χ4n) is 7.77. The zero-order chi connectivity index (χ0) is 44.2. The minimum atomic E-state index is -0.0109. The van der Waals surface area contributed by atoms with Crippen molar-refractivity contribution >= 4 is 66.9 Å². The van der Waals surface area contributed by atoms with Crippen molar-refractivity contribution < 1.29 is 9.47 Å². The second kappa shape index (κ2) is 19.2. The summed E-state index contributed by atoms with van der Waals surface area (Å²) >= 11 is 15.4. The van der Waals surface area contributed by atoms with Gasteiger partial charge in [0.1, 0.15) is 33.1 Å². The maximum atomic E-state index is 13.3. The average Bonchev–Trinajstić information content (AvgIpc) is 3.97. The number of aromatic amines is 2. The van der Waals surface area contributed by atoms with Crippen LogP contribution in [0.4, 0.5) is 5.69 Å². The molecule has 0 aliphatic carbocycles. The van der Waals surface area contributed by atoms with Gasteiger partial charge in [0.2, 0.25) is 0 Å². The van der Waals surface area contributed by atoms with Gasteiger partial charge in [-0.3, -0.25) is 18.7 Å². The van der Waals surface area contributed by atoms with Crippen molar-refractivity contribution in [2.45, 2.75) is 65.0 Å². The van der Waals surface area contributed by atoms with Crippen molar-refractivity contribution in [3.05, 3.63) is 167 Å².